The Morgan fingerprint density at radius 1 is 1.05 bits per heavy atom. The minimum Gasteiger partial charge on any atom is -0.386 e. The highest BCUT2D eigenvalue weighted by Crippen LogP contribution is 2.23. The molecule has 1 heterocycles. The summed E-state index contributed by atoms with van der Waals surface area (Å²) >= 11 is 1.40. The van der Waals surface area contributed by atoms with Crippen molar-refractivity contribution in [3.8, 4) is 0 Å². The highest BCUT2D eigenvalue weighted by Gasteiger charge is 2.19. The van der Waals surface area contributed by atoms with Gasteiger partial charge in [0.15, 0.2) is 0 Å². The molecule has 0 radical (unpaired) electrons. The van der Waals surface area contributed by atoms with Gasteiger partial charge in [0.1, 0.15) is 6.10 Å². The van der Waals surface area contributed by atoms with Crippen LogP contribution in [0.5, 0.6) is 0 Å². The predicted octanol–water partition coefficient (Wildman–Crippen LogP) is 2.91. The summed E-state index contributed by atoms with van der Waals surface area (Å²) in [7, 11) is -3.68. The van der Waals surface area contributed by atoms with Crippen LogP contribution in [-0.2, 0) is 10.0 Å². The molecule has 2 aromatic carbocycles. The molecule has 4 nitrogen and oxygen atoms in total. The van der Waals surface area contributed by atoms with E-state index in [1.54, 1.807) is 24.3 Å². The molecule has 0 bridgehead atoms. The Morgan fingerprint density at radius 2 is 1.82 bits per heavy atom. The topological polar surface area (TPSA) is 66.4 Å². The molecule has 3 rings (SSSR count). The Morgan fingerprint density at radius 3 is 2.59 bits per heavy atom. The van der Waals surface area contributed by atoms with Crippen LogP contribution in [-0.4, -0.2) is 20.1 Å². The Bertz CT molecular complexity index is 868. The average Bonchev–Trinajstić information content (AvgIpc) is 3.06. The zero-order valence-corrected chi connectivity index (χ0v) is 13.3. The van der Waals surface area contributed by atoms with Crippen LogP contribution in [0, 0.1) is 0 Å². The van der Waals surface area contributed by atoms with E-state index < -0.39 is 16.1 Å². The van der Waals surface area contributed by atoms with Crippen molar-refractivity contribution in [1.29, 1.82) is 0 Å². The first-order valence-electron chi connectivity index (χ1n) is 6.77. The van der Waals surface area contributed by atoms with Crippen molar-refractivity contribution in [3.63, 3.8) is 0 Å². The Labute approximate surface area is 133 Å². The number of benzene rings is 2. The fourth-order valence-electron chi connectivity index (χ4n) is 2.28. The third-order valence-electron chi connectivity index (χ3n) is 3.38. The minimum atomic E-state index is -3.68. The highest BCUT2D eigenvalue weighted by molar-refractivity contribution is 7.89. The van der Waals surface area contributed by atoms with Crippen LogP contribution in [0.4, 0.5) is 0 Å². The summed E-state index contributed by atoms with van der Waals surface area (Å²) in [6.07, 6.45) is -0.843. The lowest BCUT2D eigenvalue weighted by molar-refractivity contribution is 0.186. The van der Waals surface area contributed by atoms with E-state index in [1.807, 2.05) is 35.7 Å². The van der Waals surface area contributed by atoms with E-state index in [-0.39, 0.29) is 11.4 Å². The van der Waals surface area contributed by atoms with E-state index in [1.165, 1.54) is 11.3 Å². The maximum atomic E-state index is 12.5. The van der Waals surface area contributed by atoms with E-state index in [2.05, 4.69) is 4.72 Å². The highest BCUT2D eigenvalue weighted by atomic mass is 32.2. The van der Waals surface area contributed by atoms with Gasteiger partial charge in [0, 0.05) is 16.8 Å². The van der Waals surface area contributed by atoms with Crippen LogP contribution in [0.15, 0.2) is 64.9 Å². The molecule has 1 aromatic heterocycles. The van der Waals surface area contributed by atoms with E-state index in [0.717, 1.165) is 10.3 Å². The first-order valence-corrected chi connectivity index (χ1v) is 9.13. The largest absolute Gasteiger partial charge is 0.386 e. The molecular formula is C16H15NO3S2. The molecular weight excluding hydrogens is 318 g/mol. The lowest BCUT2D eigenvalue weighted by Gasteiger charge is -2.12. The summed E-state index contributed by atoms with van der Waals surface area (Å²) in [6.45, 7) is -0.0495. The monoisotopic (exact) mass is 333 g/mol. The van der Waals surface area contributed by atoms with Gasteiger partial charge in [-0.2, -0.15) is 0 Å². The quantitative estimate of drug-likeness (QED) is 0.754. The first kappa shape index (κ1) is 15.2. The van der Waals surface area contributed by atoms with Crippen LogP contribution in [0.3, 0.4) is 0 Å². The van der Waals surface area contributed by atoms with Crippen LogP contribution in [0.2, 0.25) is 0 Å². The lowest BCUT2D eigenvalue weighted by Crippen LogP contribution is -2.28. The second kappa shape index (κ2) is 6.18. The fourth-order valence-corrected chi connectivity index (χ4v) is 4.26. The normalized spacial score (nSPS) is 13.3. The smallest absolute Gasteiger partial charge is 0.241 e. The van der Waals surface area contributed by atoms with Crippen molar-refractivity contribution in [3.05, 3.63) is 64.9 Å². The summed E-state index contributed by atoms with van der Waals surface area (Å²) in [5.74, 6) is 0. The number of rotatable bonds is 5. The van der Waals surface area contributed by atoms with Gasteiger partial charge in [-0.3, -0.25) is 0 Å². The van der Waals surface area contributed by atoms with Crippen LogP contribution < -0.4 is 4.72 Å². The van der Waals surface area contributed by atoms with Gasteiger partial charge >= 0.3 is 0 Å². The van der Waals surface area contributed by atoms with Crippen molar-refractivity contribution < 1.29 is 13.5 Å². The summed E-state index contributed by atoms with van der Waals surface area (Å²) < 4.78 is 27.5. The molecule has 114 valence electrons. The maximum absolute atomic E-state index is 12.5. The second-order valence-corrected chi connectivity index (χ2v) is 7.58. The van der Waals surface area contributed by atoms with E-state index in [9.17, 15) is 13.5 Å². The molecule has 22 heavy (non-hydrogen) atoms. The molecule has 1 atom stereocenters. The van der Waals surface area contributed by atoms with E-state index in [0.29, 0.717) is 5.39 Å². The number of hydrogen-bond acceptors (Lipinski definition) is 4. The molecule has 0 aliphatic heterocycles. The third kappa shape index (κ3) is 3.05. The number of thiophene rings is 1. The Hall–Kier alpha value is -1.73. The molecule has 0 saturated carbocycles. The van der Waals surface area contributed by atoms with E-state index in [4.69, 9.17) is 0 Å². The molecule has 0 aliphatic carbocycles. The number of aliphatic hydroxyl groups is 1. The van der Waals surface area contributed by atoms with Crippen LogP contribution >= 0.6 is 11.3 Å². The third-order valence-corrected chi connectivity index (χ3v) is 5.83. The van der Waals surface area contributed by atoms with Gasteiger partial charge in [-0.1, -0.05) is 42.5 Å². The summed E-state index contributed by atoms with van der Waals surface area (Å²) in [5.41, 5.74) is 0. The SMILES string of the molecule is O=S(=O)(NC[C@H](O)c1cccs1)c1cccc2ccccc12. The van der Waals surface area contributed by atoms with Crippen LogP contribution in [0.25, 0.3) is 10.8 Å². The molecule has 0 fully saturated rings. The Balaban J connectivity index is 1.86. The fraction of sp³-hybridized carbons (Fsp3) is 0.125. The maximum Gasteiger partial charge on any atom is 0.241 e. The molecule has 3 aromatic rings. The molecule has 0 unspecified atom stereocenters. The van der Waals surface area contributed by atoms with Crippen molar-refractivity contribution >= 4 is 32.1 Å². The van der Waals surface area contributed by atoms with Crippen LogP contribution in [0.1, 0.15) is 11.0 Å². The number of nitrogens with one attached hydrogen (secondary N) is 1. The van der Waals surface area contributed by atoms with Crippen molar-refractivity contribution in [1.82, 2.24) is 4.72 Å². The lowest BCUT2D eigenvalue weighted by atomic mass is 10.1. The van der Waals surface area contributed by atoms with Crippen molar-refractivity contribution in [2.75, 3.05) is 6.54 Å². The minimum absolute atomic E-state index is 0.0495. The van der Waals surface area contributed by atoms with Gasteiger partial charge in [-0.05, 0) is 22.9 Å². The van der Waals surface area contributed by atoms with Gasteiger partial charge < -0.3 is 5.11 Å². The van der Waals surface area contributed by atoms with Gasteiger partial charge in [-0.15, -0.1) is 11.3 Å². The summed E-state index contributed by atoms with van der Waals surface area (Å²) in [5, 5.41) is 13.4. The van der Waals surface area contributed by atoms with Crippen molar-refractivity contribution in [2.45, 2.75) is 11.0 Å². The standard InChI is InChI=1S/C16H15NO3S2/c18-14(15-8-4-10-21-15)11-17-22(19,20)16-9-3-6-12-5-1-2-7-13(12)16/h1-10,14,17-18H,11H2/t14-/m0/s1. The molecule has 0 spiro atoms. The van der Waals surface area contributed by atoms with Crippen molar-refractivity contribution in [2.24, 2.45) is 0 Å². The second-order valence-electron chi connectivity index (χ2n) is 4.86. The zero-order valence-electron chi connectivity index (χ0n) is 11.6. The average molecular weight is 333 g/mol. The van der Waals surface area contributed by atoms with Gasteiger partial charge in [0.05, 0.1) is 4.90 Å². The zero-order chi connectivity index (χ0) is 15.6. The van der Waals surface area contributed by atoms with Gasteiger partial charge in [-0.25, -0.2) is 13.1 Å². The number of fused-ring (bicyclic) bond motifs is 1. The molecule has 2 N–H and O–H groups in total. The molecule has 0 aliphatic rings. The van der Waals surface area contributed by atoms with Gasteiger partial charge in [0.2, 0.25) is 10.0 Å². The number of sulfonamides is 1. The molecule has 0 amide bonds. The number of aliphatic hydroxyl groups excluding tert-OH is 1. The summed E-state index contributed by atoms with van der Waals surface area (Å²) in [6, 6.07) is 16.1. The first-order chi connectivity index (χ1) is 10.6. The number of hydrogen-bond donors (Lipinski definition) is 2. The van der Waals surface area contributed by atoms with E-state index >= 15 is 0 Å². The predicted molar refractivity (Wildman–Crippen MR) is 88.4 cm³/mol. The molecule has 0 saturated heterocycles. The molecule has 6 heteroatoms. The summed E-state index contributed by atoms with van der Waals surface area (Å²) in [4.78, 5) is 0.963. The van der Waals surface area contributed by atoms with Gasteiger partial charge in [0.25, 0.3) is 0 Å². The Kier molecular flexibility index (Phi) is 4.26.